The van der Waals surface area contributed by atoms with Crippen molar-refractivity contribution in [3.05, 3.63) is 6.07 Å². The predicted molar refractivity (Wildman–Crippen MR) is 62.7 cm³/mol. The van der Waals surface area contributed by atoms with E-state index in [1.165, 1.54) is 11.8 Å². The Morgan fingerprint density at radius 3 is 2.60 bits per heavy atom. The number of rotatable bonds is 6. The zero-order chi connectivity index (χ0) is 11.1. The Morgan fingerprint density at radius 2 is 2.00 bits per heavy atom. The minimum absolute atomic E-state index is 0.412. The molecule has 15 heavy (non-hydrogen) atoms. The molecule has 0 saturated carbocycles. The highest BCUT2D eigenvalue weighted by atomic mass is 32.2. The van der Waals surface area contributed by atoms with Gasteiger partial charge in [-0.15, -0.1) is 0 Å². The number of aromatic nitrogens is 2. The molecule has 0 aromatic carbocycles. The maximum Gasteiger partial charge on any atom is 0.191 e. The number of anilines is 2. The van der Waals surface area contributed by atoms with Gasteiger partial charge in [-0.1, -0.05) is 11.8 Å². The number of ether oxygens (including phenoxy) is 1. The quantitative estimate of drug-likeness (QED) is 0.431. The van der Waals surface area contributed by atoms with E-state index in [4.69, 9.17) is 16.2 Å². The van der Waals surface area contributed by atoms with E-state index >= 15 is 0 Å². The van der Waals surface area contributed by atoms with Gasteiger partial charge in [0.25, 0.3) is 0 Å². The Kier molecular flexibility index (Phi) is 5.20. The van der Waals surface area contributed by atoms with Crippen LogP contribution in [0, 0.1) is 0 Å². The fraction of sp³-hybridized carbons (Fsp3) is 0.556. The number of nitrogens with zero attached hydrogens (tertiary/aromatic N) is 2. The maximum absolute atomic E-state index is 5.54. The minimum atomic E-state index is 0.412. The molecule has 0 amide bonds. The average Bonchev–Trinajstić information content (AvgIpc) is 2.16. The Hall–Kier alpha value is -1.01. The number of thioether (sulfide) groups is 1. The van der Waals surface area contributed by atoms with Gasteiger partial charge in [0.1, 0.15) is 11.6 Å². The molecule has 84 valence electrons. The van der Waals surface area contributed by atoms with E-state index < -0.39 is 0 Å². The first-order chi connectivity index (χ1) is 7.22. The van der Waals surface area contributed by atoms with Gasteiger partial charge in [-0.05, 0) is 13.3 Å². The molecule has 0 bridgehead atoms. The molecule has 0 unspecified atom stereocenters. The van der Waals surface area contributed by atoms with E-state index in [1.54, 1.807) is 6.07 Å². The fourth-order valence-corrected chi connectivity index (χ4v) is 1.78. The zero-order valence-electron chi connectivity index (χ0n) is 8.77. The van der Waals surface area contributed by atoms with Crippen LogP contribution in [0.4, 0.5) is 11.6 Å². The van der Waals surface area contributed by atoms with Gasteiger partial charge in [0.05, 0.1) is 0 Å². The summed E-state index contributed by atoms with van der Waals surface area (Å²) in [4.78, 5) is 8.12. The van der Waals surface area contributed by atoms with Crippen molar-refractivity contribution in [2.45, 2.75) is 18.5 Å². The number of hydrogen-bond donors (Lipinski definition) is 2. The van der Waals surface area contributed by atoms with Crippen molar-refractivity contribution in [1.82, 2.24) is 9.97 Å². The average molecular weight is 228 g/mol. The topological polar surface area (TPSA) is 87.0 Å². The summed E-state index contributed by atoms with van der Waals surface area (Å²) in [7, 11) is 0. The van der Waals surface area contributed by atoms with E-state index in [0.717, 1.165) is 25.4 Å². The Bertz CT molecular complexity index is 288. The van der Waals surface area contributed by atoms with Gasteiger partial charge in [0.15, 0.2) is 5.16 Å². The molecule has 1 heterocycles. The summed E-state index contributed by atoms with van der Waals surface area (Å²) in [5.74, 6) is 1.73. The summed E-state index contributed by atoms with van der Waals surface area (Å²) < 4.78 is 5.22. The van der Waals surface area contributed by atoms with E-state index in [9.17, 15) is 0 Å². The monoisotopic (exact) mass is 228 g/mol. The van der Waals surface area contributed by atoms with Gasteiger partial charge in [0.2, 0.25) is 0 Å². The number of nitrogens with two attached hydrogens (primary N) is 2. The van der Waals surface area contributed by atoms with Crippen molar-refractivity contribution < 1.29 is 4.74 Å². The summed E-state index contributed by atoms with van der Waals surface area (Å²) in [6, 6.07) is 1.55. The molecule has 1 aromatic heterocycles. The van der Waals surface area contributed by atoms with Crippen LogP contribution in [0.1, 0.15) is 13.3 Å². The minimum Gasteiger partial charge on any atom is -0.383 e. The standard InChI is InChI=1S/C9H16N4OS/c1-2-14-4-3-5-15-9-12-7(10)6-8(11)13-9/h6H,2-5H2,1H3,(H4,10,11,12,13). The van der Waals surface area contributed by atoms with E-state index in [-0.39, 0.29) is 0 Å². The van der Waals surface area contributed by atoms with Crippen molar-refractivity contribution >= 4 is 23.4 Å². The molecule has 0 fully saturated rings. The molecule has 0 atom stereocenters. The van der Waals surface area contributed by atoms with Gasteiger partial charge in [-0.2, -0.15) is 0 Å². The normalized spacial score (nSPS) is 10.5. The Balaban J connectivity index is 2.31. The van der Waals surface area contributed by atoms with E-state index in [0.29, 0.717) is 16.8 Å². The lowest BCUT2D eigenvalue weighted by Crippen LogP contribution is -2.00. The third-order valence-electron chi connectivity index (χ3n) is 1.61. The highest BCUT2D eigenvalue weighted by molar-refractivity contribution is 7.99. The van der Waals surface area contributed by atoms with Gasteiger partial charge < -0.3 is 16.2 Å². The predicted octanol–water partition coefficient (Wildman–Crippen LogP) is 1.16. The molecule has 1 rings (SSSR count). The third kappa shape index (κ3) is 4.85. The van der Waals surface area contributed by atoms with Crippen LogP contribution in [-0.4, -0.2) is 28.9 Å². The smallest absolute Gasteiger partial charge is 0.191 e. The Morgan fingerprint density at radius 1 is 1.33 bits per heavy atom. The second-order valence-electron chi connectivity index (χ2n) is 2.90. The first-order valence-corrected chi connectivity index (χ1v) is 5.81. The van der Waals surface area contributed by atoms with E-state index in [1.807, 2.05) is 6.92 Å². The third-order valence-corrected chi connectivity index (χ3v) is 2.55. The van der Waals surface area contributed by atoms with Crippen LogP contribution in [0.25, 0.3) is 0 Å². The van der Waals surface area contributed by atoms with Gasteiger partial charge >= 0.3 is 0 Å². The SMILES string of the molecule is CCOCCCSc1nc(N)cc(N)n1. The lowest BCUT2D eigenvalue weighted by molar-refractivity contribution is 0.149. The van der Waals surface area contributed by atoms with Crippen LogP contribution in [0.5, 0.6) is 0 Å². The van der Waals surface area contributed by atoms with Crippen molar-refractivity contribution in [1.29, 1.82) is 0 Å². The fourth-order valence-electron chi connectivity index (χ4n) is 0.995. The van der Waals surface area contributed by atoms with Crippen molar-refractivity contribution in [3.8, 4) is 0 Å². The van der Waals surface area contributed by atoms with Crippen LogP contribution in [-0.2, 0) is 4.74 Å². The van der Waals surface area contributed by atoms with Crippen LogP contribution in [0.15, 0.2) is 11.2 Å². The lowest BCUT2D eigenvalue weighted by atomic mass is 10.5. The van der Waals surface area contributed by atoms with Crippen molar-refractivity contribution in [2.75, 3.05) is 30.4 Å². The molecular weight excluding hydrogens is 212 g/mol. The molecule has 0 aliphatic rings. The highest BCUT2D eigenvalue weighted by Crippen LogP contribution is 2.16. The highest BCUT2D eigenvalue weighted by Gasteiger charge is 2.00. The summed E-state index contributed by atoms with van der Waals surface area (Å²) in [6.45, 7) is 3.50. The first-order valence-electron chi connectivity index (χ1n) is 4.83. The second kappa shape index (κ2) is 6.47. The van der Waals surface area contributed by atoms with Crippen LogP contribution < -0.4 is 11.5 Å². The molecule has 0 saturated heterocycles. The summed E-state index contributed by atoms with van der Waals surface area (Å²) in [6.07, 6.45) is 0.969. The molecule has 0 spiro atoms. The van der Waals surface area contributed by atoms with Gasteiger partial charge in [0, 0.05) is 25.0 Å². The molecular formula is C9H16N4OS. The van der Waals surface area contributed by atoms with Crippen LogP contribution in [0.3, 0.4) is 0 Å². The first kappa shape index (κ1) is 12.1. The molecule has 6 heteroatoms. The summed E-state index contributed by atoms with van der Waals surface area (Å²) in [5, 5.41) is 0.629. The summed E-state index contributed by atoms with van der Waals surface area (Å²) >= 11 is 1.54. The number of hydrogen-bond acceptors (Lipinski definition) is 6. The zero-order valence-corrected chi connectivity index (χ0v) is 9.59. The van der Waals surface area contributed by atoms with Crippen LogP contribution >= 0.6 is 11.8 Å². The second-order valence-corrected chi connectivity index (χ2v) is 3.96. The molecule has 0 aliphatic carbocycles. The maximum atomic E-state index is 5.54. The van der Waals surface area contributed by atoms with Crippen molar-refractivity contribution in [3.63, 3.8) is 0 Å². The molecule has 5 nitrogen and oxygen atoms in total. The Labute approximate surface area is 93.6 Å². The summed E-state index contributed by atoms with van der Waals surface area (Å²) in [5.41, 5.74) is 11.1. The van der Waals surface area contributed by atoms with Crippen LogP contribution in [0.2, 0.25) is 0 Å². The molecule has 4 N–H and O–H groups in total. The molecule has 0 aliphatic heterocycles. The molecule has 0 radical (unpaired) electrons. The van der Waals surface area contributed by atoms with Gasteiger partial charge in [-0.3, -0.25) is 0 Å². The largest absolute Gasteiger partial charge is 0.383 e. The lowest BCUT2D eigenvalue weighted by Gasteiger charge is -2.02. The van der Waals surface area contributed by atoms with Gasteiger partial charge in [-0.25, -0.2) is 9.97 Å². The number of nitrogen functional groups attached to an aromatic ring is 2. The molecule has 1 aromatic rings. The van der Waals surface area contributed by atoms with E-state index in [2.05, 4.69) is 9.97 Å². The van der Waals surface area contributed by atoms with Crippen molar-refractivity contribution in [2.24, 2.45) is 0 Å².